The molecule has 4 nitrogen and oxygen atoms in total. The molecule has 1 amide bonds. The number of amides is 1. The first-order valence-corrected chi connectivity index (χ1v) is 4.21. The van der Waals surface area contributed by atoms with Crippen molar-refractivity contribution in [3.05, 3.63) is 30.1 Å². The summed E-state index contributed by atoms with van der Waals surface area (Å²) in [6, 6.07) is 0. The lowest BCUT2D eigenvalue weighted by Gasteiger charge is -2.13. The highest BCUT2D eigenvalue weighted by molar-refractivity contribution is 5.78. The summed E-state index contributed by atoms with van der Waals surface area (Å²) in [5.41, 5.74) is 2.18. The Bertz CT molecular complexity index is 322. The number of aromatic nitrogens is 2. The van der Waals surface area contributed by atoms with E-state index in [0.29, 0.717) is 19.5 Å². The number of carbonyl (C=O) groups is 1. The van der Waals surface area contributed by atoms with Crippen molar-refractivity contribution in [1.29, 1.82) is 0 Å². The van der Waals surface area contributed by atoms with Crippen LogP contribution in [0.15, 0.2) is 18.9 Å². The molecule has 2 rings (SSSR count). The fourth-order valence-electron chi connectivity index (χ4n) is 1.49. The minimum Gasteiger partial charge on any atom is -0.332 e. The van der Waals surface area contributed by atoms with Gasteiger partial charge in [-0.25, -0.2) is 0 Å². The minimum absolute atomic E-state index is 0.125. The van der Waals surface area contributed by atoms with E-state index in [4.69, 9.17) is 0 Å². The van der Waals surface area contributed by atoms with Gasteiger partial charge in [0, 0.05) is 18.5 Å². The molecule has 1 aliphatic heterocycles. The second-order valence-electron chi connectivity index (χ2n) is 3.12. The van der Waals surface area contributed by atoms with E-state index < -0.39 is 0 Å². The van der Waals surface area contributed by atoms with E-state index in [1.54, 1.807) is 17.2 Å². The van der Waals surface area contributed by atoms with Gasteiger partial charge in [-0.2, -0.15) is 5.10 Å². The molecule has 0 aliphatic carbocycles. The van der Waals surface area contributed by atoms with Gasteiger partial charge in [0.1, 0.15) is 0 Å². The number of rotatable bonds is 2. The molecule has 68 valence electrons. The van der Waals surface area contributed by atoms with Crippen molar-refractivity contribution in [2.45, 2.75) is 19.5 Å². The monoisotopic (exact) mass is 177 g/mol. The zero-order valence-corrected chi connectivity index (χ0v) is 7.29. The summed E-state index contributed by atoms with van der Waals surface area (Å²) >= 11 is 0. The maximum absolute atomic E-state index is 11.4. The van der Waals surface area contributed by atoms with Gasteiger partial charge in [0.05, 0.1) is 18.4 Å². The molecule has 0 spiro atoms. The summed E-state index contributed by atoms with van der Waals surface area (Å²) in [4.78, 5) is 13.2. The molecule has 4 heteroatoms. The molecule has 0 saturated carbocycles. The van der Waals surface area contributed by atoms with E-state index in [1.165, 1.54) is 0 Å². The van der Waals surface area contributed by atoms with Crippen LogP contribution in [0.25, 0.3) is 0 Å². The summed E-state index contributed by atoms with van der Waals surface area (Å²) in [6.07, 6.45) is 3.82. The second-order valence-corrected chi connectivity index (χ2v) is 3.12. The van der Waals surface area contributed by atoms with E-state index in [-0.39, 0.29) is 5.91 Å². The third-order valence-corrected chi connectivity index (χ3v) is 2.19. The quantitative estimate of drug-likeness (QED) is 0.680. The number of H-pyrrole nitrogens is 1. The highest BCUT2D eigenvalue weighted by atomic mass is 16.2. The molecule has 1 aliphatic rings. The van der Waals surface area contributed by atoms with Gasteiger partial charge in [0.2, 0.25) is 5.91 Å². The molecule has 1 N–H and O–H groups in total. The Balaban J connectivity index is 2.05. The topological polar surface area (TPSA) is 49.0 Å². The predicted octanol–water partition coefficient (Wildman–Crippen LogP) is 0.828. The van der Waals surface area contributed by atoms with Gasteiger partial charge in [0.25, 0.3) is 0 Å². The number of nitrogens with one attached hydrogen (secondary N) is 1. The van der Waals surface area contributed by atoms with Crippen molar-refractivity contribution in [3.63, 3.8) is 0 Å². The Kier molecular flexibility index (Phi) is 1.88. The maximum Gasteiger partial charge on any atom is 0.227 e. The third-order valence-electron chi connectivity index (χ3n) is 2.19. The average Bonchev–Trinajstić information content (AvgIpc) is 2.61. The molecule has 2 heterocycles. The molecule has 0 fully saturated rings. The van der Waals surface area contributed by atoms with Crippen LogP contribution in [0.1, 0.15) is 17.7 Å². The van der Waals surface area contributed by atoms with Gasteiger partial charge in [-0.3, -0.25) is 9.89 Å². The molecule has 1 aromatic heterocycles. The smallest absolute Gasteiger partial charge is 0.227 e. The first-order chi connectivity index (χ1) is 6.31. The summed E-state index contributed by atoms with van der Waals surface area (Å²) in [5.74, 6) is 0.125. The fraction of sp³-hybridized carbons (Fsp3) is 0.333. The first kappa shape index (κ1) is 8.04. The van der Waals surface area contributed by atoms with Crippen LogP contribution in [-0.4, -0.2) is 21.0 Å². The van der Waals surface area contributed by atoms with Crippen molar-refractivity contribution in [2.75, 3.05) is 0 Å². The Morgan fingerprint density at radius 1 is 1.77 bits per heavy atom. The van der Waals surface area contributed by atoms with Gasteiger partial charge >= 0.3 is 0 Å². The number of hydrogen-bond acceptors (Lipinski definition) is 2. The van der Waals surface area contributed by atoms with E-state index >= 15 is 0 Å². The van der Waals surface area contributed by atoms with Crippen molar-refractivity contribution >= 4 is 5.91 Å². The molecular weight excluding hydrogens is 166 g/mol. The zero-order valence-electron chi connectivity index (χ0n) is 7.29. The van der Waals surface area contributed by atoms with Crippen molar-refractivity contribution in [2.24, 2.45) is 0 Å². The lowest BCUT2D eigenvalue weighted by atomic mass is 10.3. The van der Waals surface area contributed by atoms with E-state index in [1.807, 2.05) is 0 Å². The highest BCUT2D eigenvalue weighted by Crippen LogP contribution is 2.20. The number of fused-ring (bicyclic) bond motifs is 1. The van der Waals surface area contributed by atoms with Crippen molar-refractivity contribution in [1.82, 2.24) is 15.1 Å². The first-order valence-electron chi connectivity index (χ1n) is 4.21. The Morgan fingerprint density at radius 2 is 2.62 bits per heavy atom. The van der Waals surface area contributed by atoms with E-state index in [2.05, 4.69) is 16.8 Å². The van der Waals surface area contributed by atoms with Crippen LogP contribution >= 0.6 is 0 Å². The van der Waals surface area contributed by atoms with Crippen LogP contribution in [-0.2, 0) is 17.9 Å². The fourth-order valence-corrected chi connectivity index (χ4v) is 1.49. The number of hydrogen-bond donors (Lipinski definition) is 1. The van der Waals surface area contributed by atoms with Crippen molar-refractivity contribution in [3.8, 4) is 0 Å². The minimum atomic E-state index is 0.125. The molecular formula is C9H11N3O. The summed E-state index contributed by atoms with van der Waals surface area (Å²) in [5, 5.41) is 6.78. The summed E-state index contributed by atoms with van der Waals surface area (Å²) < 4.78 is 0. The number of nitrogens with zero attached hydrogens (tertiary/aromatic N) is 2. The predicted molar refractivity (Wildman–Crippen MR) is 47.7 cm³/mol. The average molecular weight is 177 g/mol. The maximum atomic E-state index is 11.4. The molecule has 0 aromatic carbocycles. The van der Waals surface area contributed by atoms with Crippen LogP contribution < -0.4 is 0 Å². The van der Waals surface area contributed by atoms with Crippen LogP contribution in [0.2, 0.25) is 0 Å². The SMILES string of the molecule is C=CCC(=O)N1Cc2cn[nH]c2C1. The van der Waals surface area contributed by atoms with E-state index in [0.717, 1.165) is 11.3 Å². The second kappa shape index (κ2) is 3.05. The molecule has 0 bridgehead atoms. The summed E-state index contributed by atoms with van der Waals surface area (Å²) in [6.45, 7) is 4.88. The van der Waals surface area contributed by atoms with Gasteiger partial charge in [-0.1, -0.05) is 6.08 Å². The lowest BCUT2D eigenvalue weighted by molar-refractivity contribution is -0.130. The van der Waals surface area contributed by atoms with Crippen LogP contribution in [0.5, 0.6) is 0 Å². The molecule has 0 radical (unpaired) electrons. The highest BCUT2D eigenvalue weighted by Gasteiger charge is 2.23. The van der Waals surface area contributed by atoms with Gasteiger partial charge in [-0.05, 0) is 0 Å². The zero-order chi connectivity index (χ0) is 9.26. The largest absolute Gasteiger partial charge is 0.332 e. The van der Waals surface area contributed by atoms with E-state index in [9.17, 15) is 4.79 Å². The van der Waals surface area contributed by atoms with Crippen LogP contribution in [0, 0.1) is 0 Å². The normalized spacial score (nSPS) is 14.3. The molecule has 1 aromatic rings. The molecule has 0 unspecified atom stereocenters. The molecule has 0 atom stereocenters. The van der Waals surface area contributed by atoms with Gasteiger partial charge in [0.15, 0.2) is 0 Å². The van der Waals surface area contributed by atoms with Crippen molar-refractivity contribution < 1.29 is 4.79 Å². The van der Waals surface area contributed by atoms with Gasteiger partial charge < -0.3 is 4.90 Å². The van der Waals surface area contributed by atoms with Crippen LogP contribution in [0.3, 0.4) is 0 Å². The third kappa shape index (κ3) is 1.35. The van der Waals surface area contributed by atoms with Gasteiger partial charge in [-0.15, -0.1) is 6.58 Å². The number of carbonyl (C=O) groups excluding carboxylic acids is 1. The standard InChI is InChI=1S/C9H11N3O/c1-2-3-9(13)12-5-7-4-10-11-8(7)6-12/h2,4H,1,3,5-6H2,(H,10,11). The number of aromatic amines is 1. The Hall–Kier alpha value is -1.58. The molecule has 13 heavy (non-hydrogen) atoms. The Labute approximate surface area is 76.2 Å². The summed E-state index contributed by atoms with van der Waals surface area (Å²) in [7, 11) is 0. The lowest BCUT2D eigenvalue weighted by Crippen LogP contribution is -2.24. The van der Waals surface area contributed by atoms with Crippen LogP contribution in [0.4, 0.5) is 0 Å². The Morgan fingerprint density at radius 3 is 3.31 bits per heavy atom. The molecule has 0 saturated heterocycles.